The third-order valence-corrected chi connectivity index (χ3v) is 2.34. The molecule has 5 nitrogen and oxygen atoms in total. The van der Waals surface area contributed by atoms with Gasteiger partial charge in [0, 0.05) is 6.54 Å². The number of carboxylic acid groups (broad SMARTS) is 1. The zero-order valence-electron chi connectivity index (χ0n) is 11.1. The van der Waals surface area contributed by atoms with E-state index in [1.807, 2.05) is 0 Å². The summed E-state index contributed by atoms with van der Waals surface area (Å²) < 4.78 is 36.7. The molecule has 112 valence electrons. The normalized spacial score (nSPS) is 13.2. The summed E-state index contributed by atoms with van der Waals surface area (Å²) >= 11 is 0. The van der Waals surface area contributed by atoms with Gasteiger partial charge >= 0.3 is 18.2 Å². The lowest BCUT2D eigenvalue weighted by molar-refractivity contribution is -0.141. The van der Waals surface area contributed by atoms with Crippen molar-refractivity contribution in [3.05, 3.63) is 0 Å². The van der Waals surface area contributed by atoms with Gasteiger partial charge in [-0.2, -0.15) is 13.2 Å². The molecule has 0 unspecified atom stereocenters. The quantitative estimate of drug-likeness (QED) is 0.784. The number of hydrogen-bond donors (Lipinski definition) is 2. The zero-order valence-corrected chi connectivity index (χ0v) is 11.1. The summed E-state index contributed by atoms with van der Waals surface area (Å²) in [6.07, 6.45) is -4.35. The van der Waals surface area contributed by atoms with Gasteiger partial charge in [-0.05, 0) is 19.3 Å². The summed E-state index contributed by atoms with van der Waals surface area (Å²) in [6.45, 7) is 3.36. The Labute approximate surface area is 109 Å². The van der Waals surface area contributed by atoms with Gasteiger partial charge in [-0.25, -0.2) is 9.59 Å². The Balaban J connectivity index is 4.64. The van der Waals surface area contributed by atoms with Crippen molar-refractivity contribution in [2.75, 3.05) is 13.1 Å². The van der Waals surface area contributed by atoms with E-state index >= 15 is 0 Å². The largest absolute Gasteiger partial charge is 0.480 e. The Hall–Kier alpha value is -1.47. The van der Waals surface area contributed by atoms with Crippen LogP contribution in [0.4, 0.5) is 18.0 Å². The van der Waals surface area contributed by atoms with Gasteiger partial charge in [0.2, 0.25) is 0 Å². The van der Waals surface area contributed by atoms with Crippen LogP contribution in [0.5, 0.6) is 0 Å². The first-order chi connectivity index (χ1) is 8.56. The maximum atomic E-state index is 12.2. The molecular weight excluding hydrogens is 265 g/mol. The predicted octanol–water partition coefficient (Wildman–Crippen LogP) is 2.08. The van der Waals surface area contributed by atoms with E-state index in [4.69, 9.17) is 5.11 Å². The molecule has 0 spiro atoms. The molecule has 0 saturated carbocycles. The molecule has 0 fully saturated rings. The molecule has 0 bridgehead atoms. The molecule has 2 amide bonds. The summed E-state index contributed by atoms with van der Waals surface area (Å²) in [7, 11) is 0. The van der Waals surface area contributed by atoms with Crippen molar-refractivity contribution in [1.29, 1.82) is 0 Å². The van der Waals surface area contributed by atoms with E-state index < -0.39 is 30.8 Å². The molecule has 0 heterocycles. The molecule has 0 aromatic carbocycles. The minimum absolute atomic E-state index is 0.000840. The van der Waals surface area contributed by atoms with Crippen LogP contribution in [0.2, 0.25) is 0 Å². The maximum Gasteiger partial charge on any atom is 0.406 e. The number of nitrogens with zero attached hydrogens (tertiary/aromatic N) is 1. The van der Waals surface area contributed by atoms with Crippen molar-refractivity contribution in [3.8, 4) is 0 Å². The minimum Gasteiger partial charge on any atom is -0.480 e. The number of amides is 2. The highest BCUT2D eigenvalue weighted by Crippen LogP contribution is 2.16. The fourth-order valence-corrected chi connectivity index (χ4v) is 1.48. The number of carbonyl (C=O) groups is 2. The Morgan fingerprint density at radius 2 is 1.84 bits per heavy atom. The second kappa shape index (κ2) is 7.20. The topological polar surface area (TPSA) is 69.6 Å². The second-order valence-corrected chi connectivity index (χ2v) is 4.60. The van der Waals surface area contributed by atoms with Crippen molar-refractivity contribution in [2.45, 2.75) is 39.4 Å². The molecule has 0 radical (unpaired) electrons. The smallest absolute Gasteiger partial charge is 0.406 e. The summed E-state index contributed by atoms with van der Waals surface area (Å²) in [6, 6.07) is -2.21. The lowest BCUT2D eigenvalue weighted by Gasteiger charge is -2.25. The molecule has 0 rings (SSSR count). The number of halogens is 3. The third-order valence-electron chi connectivity index (χ3n) is 2.34. The molecule has 2 N–H and O–H groups in total. The number of rotatable bonds is 6. The van der Waals surface area contributed by atoms with E-state index in [0.29, 0.717) is 4.90 Å². The Morgan fingerprint density at radius 1 is 1.32 bits per heavy atom. The van der Waals surface area contributed by atoms with Gasteiger partial charge in [0.15, 0.2) is 0 Å². The number of urea groups is 1. The van der Waals surface area contributed by atoms with E-state index in [-0.39, 0.29) is 18.9 Å². The number of carbonyl (C=O) groups excluding carboxylic acids is 1. The van der Waals surface area contributed by atoms with Gasteiger partial charge in [0.1, 0.15) is 12.6 Å². The molecule has 0 aliphatic rings. The standard InChI is InChI=1S/C11H19F3N2O3/c1-4-16(6-11(12,13)14)10(19)15-8(9(17)18)5-7(2)3/h7-8H,4-6H2,1-3H3,(H,15,19)(H,17,18)/t8-/m1/s1. The van der Waals surface area contributed by atoms with Crippen molar-refractivity contribution in [1.82, 2.24) is 10.2 Å². The SMILES string of the molecule is CCN(CC(F)(F)F)C(=O)N[C@H](CC(C)C)C(=O)O. The highest BCUT2D eigenvalue weighted by Gasteiger charge is 2.33. The molecule has 0 aliphatic carbocycles. The number of aliphatic carboxylic acids is 1. The predicted molar refractivity (Wildman–Crippen MR) is 62.7 cm³/mol. The number of nitrogens with one attached hydrogen (secondary N) is 1. The van der Waals surface area contributed by atoms with Crippen LogP contribution in [-0.2, 0) is 4.79 Å². The average Bonchev–Trinajstić information content (AvgIpc) is 2.22. The van der Waals surface area contributed by atoms with E-state index in [1.54, 1.807) is 13.8 Å². The lowest BCUT2D eigenvalue weighted by atomic mass is 10.0. The molecule has 0 aromatic heterocycles. The van der Waals surface area contributed by atoms with Crippen LogP contribution < -0.4 is 5.32 Å². The van der Waals surface area contributed by atoms with E-state index in [9.17, 15) is 22.8 Å². The van der Waals surface area contributed by atoms with Gasteiger partial charge in [-0.1, -0.05) is 13.8 Å². The van der Waals surface area contributed by atoms with Gasteiger partial charge in [-0.3, -0.25) is 0 Å². The molecule has 19 heavy (non-hydrogen) atoms. The molecule has 8 heteroatoms. The van der Waals surface area contributed by atoms with E-state index in [1.165, 1.54) is 6.92 Å². The van der Waals surface area contributed by atoms with Crippen LogP contribution in [0, 0.1) is 5.92 Å². The van der Waals surface area contributed by atoms with Crippen LogP contribution in [0.15, 0.2) is 0 Å². The number of hydrogen-bond acceptors (Lipinski definition) is 2. The van der Waals surface area contributed by atoms with Crippen LogP contribution in [0.1, 0.15) is 27.2 Å². The Morgan fingerprint density at radius 3 is 2.16 bits per heavy atom. The van der Waals surface area contributed by atoms with Crippen molar-refractivity contribution >= 4 is 12.0 Å². The first kappa shape index (κ1) is 17.5. The van der Waals surface area contributed by atoms with Crippen molar-refractivity contribution < 1.29 is 27.9 Å². The second-order valence-electron chi connectivity index (χ2n) is 4.60. The van der Waals surface area contributed by atoms with Crippen LogP contribution in [0.3, 0.4) is 0 Å². The number of carboxylic acids is 1. The highest BCUT2D eigenvalue weighted by molar-refractivity contribution is 5.82. The van der Waals surface area contributed by atoms with E-state index in [2.05, 4.69) is 5.32 Å². The zero-order chi connectivity index (χ0) is 15.2. The lowest BCUT2D eigenvalue weighted by Crippen LogP contribution is -2.50. The van der Waals surface area contributed by atoms with Crippen LogP contribution in [-0.4, -0.2) is 47.3 Å². The summed E-state index contributed by atoms with van der Waals surface area (Å²) in [5.41, 5.74) is 0. The van der Waals surface area contributed by atoms with E-state index in [0.717, 1.165) is 0 Å². The van der Waals surface area contributed by atoms with Crippen LogP contribution >= 0.6 is 0 Å². The van der Waals surface area contributed by atoms with Crippen molar-refractivity contribution in [2.24, 2.45) is 5.92 Å². The van der Waals surface area contributed by atoms with Gasteiger partial charge < -0.3 is 15.3 Å². The van der Waals surface area contributed by atoms with Crippen molar-refractivity contribution in [3.63, 3.8) is 0 Å². The first-order valence-electron chi connectivity index (χ1n) is 5.91. The van der Waals surface area contributed by atoms with Gasteiger partial charge in [0.25, 0.3) is 0 Å². The summed E-state index contributed by atoms with van der Waals surface area (Å²) in [4.78, 5) is 23.0. The molecule has 0 saturated heterocycles. The monoisotopic (exact) mass is 284 g/mol. The fourth-order valence-electron chi connectivity index (χ4n) is 1.48. The first-order valence-corrected chi connectivity index (χ1v) is 5.91. The molecular formula is C11H19F3N2O3. The molecule has 1 atom stereocenters. The highest BCUT2D eigenvalue weighted by atomic mass is 19.4. The Kier molecular flexibility index (Phi) is 6.64. The van der Waals surface area contributed by atoms with Gasteiger partial charge in [-0.15, -0.1) is 0 Å². The number of alkyl halides is 3. The summed E-state index contributed by atoms with van der Waals surface area (Å²) in [5, 5.41) is 11.0. The fraction of sp³-hybridized carbons (Fsp3) is 0.818. The molecule has 0 aliphatic heterocycles. The minimum atomic E-state index is -4.51. The van der Waals surface area contributed by atoms with Gasteiger partial charge in [0.05, 0.1) is 0 Å². The molecule has 0 aromatic rings. The third kappa shape index (κ3) is 7.53. The maximum absolute atomic E-state index is 12.2. The average molecular weight is 284 g/mol. The Bertz CT molecular complexity index is 319. The van der Waals surface area contributed by atoms with Crippen LogP contribution in [0.25, 0.3) is 0 Å². The summed E-state index contributed by atoms with van der Waals surface area (Å²) in [5.74, 6) is -1.26.